The molecule has 5 heteroatoms. The molecular formula is C15H24N4O. The van der Waals surface area contributed by atoms with E-state index in [2.05, 4.69) is 42.4 Å². The Labute approximate surface area is 120 Å². The number of aromatic nitrogens is 3. The summed E-state index contributed by atoms with van der Waals surface area (Å²) in [5, 5.41) is 12.0. The minimum Gasteiger partial charge on any atom is -0.360 e. The average Bonchev–Trinajstić information content (AvgIpc) is 2.95. The second-order valence-corrected chi connectivity index (χ2v) is 5.43. The van der Waals surface area contributed by atoms with Crippen LogP contribution < -0.4 is 5.32 Å². The third-order valence-electron chi connectivity index (χ3n) is 3.29. The van der Waals surface area contributed by atoms with Crippen LogP contribution in [-0.2, 0) is 19.5 Å². The lowest BCUT2D eigenvalue weighted by molar-refractivity contribution is 0.351. The van der Waals surface area contributed by atoms with Crippen molar-refractivity contribution in [1.82, 2.24) is 20.3 Å². The highest BCUT2D eigenvalue weighted by molar-refractivity contribution is 5.07. The van der Waals surface area contributed by atoms with Gasteiger partial charge in [0.1, 0.15) is 0 Å². The quantitative estimate of drug-likeness (QED) is 0.844. The fraction of sp³-hybridized carbons (Fsp3) is 0.600. The molecule has 1 atom stereocenters. The van der Waals surface area contributed by atoms with Gasteiger partial charge in [-0.15, -0.1) is 0 Å². The number of nitrogens with zero attached hydrogens (tertiary/aromatic N) is 3. The Bertz CT molecular complexity index is 544. The second kappa shape index (κ2) is 6.70. The Hall–Kier alpha value is -1.62. The van der Waals surface area contributed by atoms with Crippen molar-refractivity contribution < 1.29 is 4.52 Å². The van der Waals surface area contributed by atoms with Crippen LogP contribution in [0.4, 0.5) is 0 Å². The number of hydrogen-bond acceptors (Lipinski definition) is 4. The van der Waals surface area contributed by atoms with E-state index in [1.165, 1.54) is 5.69 Å². The first kappa shape index (κ1) is 14.8. The topological polar surface area (TPSA) is 55.9 Å². The van der Waals surface area contributed by atoms with Crippen LogP contribution in [0.3, 0.4) is 0 Å². The predicted molar refractivity (Wildman–Crippen MR) is 78.5 cm³/mol. The summed E-state index contributed by atoms with van der Waals surface area (Å²) in [5.74, 6) is 0.897. The van der Waals surface area contributed by atoms with Crippen LogP contribution in [0.25, 0.3) is 0 Å². The molecule has 0 fully saturated rings. The maximum absolute atomic E-state index is 5.31. The van der Waals surface area contributed by atoms with Gasteiger partial charge >= 0.3 is 0 Å². The average molecular weight is 276 g/mol. The van der Waals surface area contributed by atoms with Gasteiger partial charge in [0.25, 0.3) is 0 Å². The minimum absolute atomic E-state index is 0.327. The molecule has 0 aliphatic rings. The van der Waals surface area contributed by atoms with Crippen LogP contribution in [0.5, 0.6) is 0 Å². The van der Waals surface area contributed by atoms with Crippen molar-refractivity contribution in [2.24, 2.45) is 0 Å². The lowest BCUT2D eigenvalue weighted by Crippen LogP contribution is -2.30. The van der Waals surface area contributed by atoms with Crippen molar-refractivity contribution in [1.29, 1.82) is 0 Å². The minimum atomic E-state index is 0.327. The molecule has 0 aliphatic carbocycles. The van der Waals surface area contributed by atoms with Gasteiger partial charge in [-0.3, -0.25) is 4.68 Å². The Balaban J connectivity index is 1.82. The fourth-order valence-corrected chi connectivity index (χ4v) is 2.27. The molecule has 20 heavy (non-hydrogen) atoms. The van der Waals surface area contributed by atoms with Crippen molar-refractivity contribution in [2.45, 2.75) is 59.7 Å². The van der Waals surface area contributed by atoms with Crippen LogP contribution >= 0.6 is 0 Å². The molecule has 2 heterocycles. The maximum atomic E-state index is 5.31. The summed E-state index contributed by atoms with van der Waals surface area (Å²) in [6.07, 6.45) is 2.07. The first-order valence-electron chi connectivity index (χ1n) is 7.27. The van der Waals surface area contributed by atoms with Gasteiger partial charge in [0.05, 0.1) is 24.5 Å². The molecule has 2 rings (SSSR count). The molecule has 0 amide bonds. The van der Waals surface area contributed by atoms with Gasteiger partial charge in [0.2, 0.25) is 0 Å². The lowest BCUT2D eigenvalue weighted by atomic mass is 10.2. The SMILES string of the molecule is CCCc1cc(CN[C@@H](C)Cn2nc(C)cc2C)on1. The summed E-state index contributed by atoms with van der Waals surface area (Å²) in [6.45, 7) is 9.96. The number of rotatable bonds is 7. The largest absolute Gasteiger partial charge is 0.360 e. The summed E-state index contributed by atoms with van der Waals surface area (Å²) in [6, 6.07) is 4.46. The van der Waals surface area contributed by atoms with Crippen molar-refractivity contribution >= 4 is 0 Å². The van der Waals surface area contributed by atoms with Gasteiger partial charge < -0.3 is 9.84 Å². The number of hydrogen-bond donors (Lipinski definition) is 1. The van der Waals surface area contributed by atoms with E-state index in [0.29, 0.717) is 12.6 Å². The van der Waals surface area contributed by atoms with E-state index >= 15 is 0 Å². The van der Waals surface area contributed by atoms with Crippen molar-refractivity contribution in [3.8, 4) is 0 Å². The van der Waals surface area contributed by atoms with E-state index in [9.17, 15) is 0 Å². The predicted octanol–water partition coefficient (Wildman–Crippen LogP) is 2.62. The zero-order valence-electron chi connectivity index (χ0n) is 12.8. The molecule has 5 nitrogen and oxygen atoms in total. The molecule has 0 aromatic carbocycles. The molecule has 2 aromatic rings. The smallest absolute Gasteiger partial charge is 0.150 e. The monoisotopic (exact) mass is 276 g/mol. The fourth-order valence-electron chi connectivity index (χ4n) is 2.27. The Morgan fingerprint density at radius 2 is 2.15 bits per heavy atom. The van der Waals surface area contributed by atoms with E-state index in [-0.39, 0.29) is 0 Å². The van der Waals surface area contributed by atoms with E-state index in [1.807, 2.05) is 17.7 Å². The van der Waals surface area contributed by atoms with Crippen LogP contribution in [0.1, 0.15) is 43.1 Å². The molecule has 0 saturated carbocycles. The number of nitrogens with one attached hydrogen (secondary N) is 1. The highest BCUT2D eigenvalue weighted by Gasteiger charge is 2.09. The van der Waals surface area contributed by atoms with E-state index < -0.39 is 0 Å². The van der Waals surface area contributed by atoms with Crippen LogP contribution in [0, 0.1) is 13.8 Å². The third-order valence-corrected chi connectivity index (χ3v) is 3.29. The van der Waals surface area contributed by atoms with E-state index in [0.717, 1.165) is 36.5 Å². The first-order valence-corrected chi connectivity index (χ1v) is 7.27. The van der Waals surface area contributed by atoms with Gasteiger partial charge in [-0.1, -0.05) is 18.5 Å². The van der Waals surface area contributed by atoms with Gasteiger partial charge in [-0.05, 0) is 33.3 Å². The van der Waals surface area contributed by atoms with Crippen LogP contribution in [0.15, 0.2) is 16.7 Å². The van der Waals surface area contributed by atoms with Gasteiger partial charge in [-0.2, -0.15) is 5.10 Å². The summed E-state index contributed by atoms with van der Waals surface area (Å²) >= 11 is 0. The Kier molecular flexibility index (Phi) is 4.95. The van der Waals surface area contributed by atoms with Crippen LogP contribution in [0.2, 0.25) is 0 Å². The molecule has 0 saturated heterocycles. The third kappa shape index (κ3) is 3.93. The standard InChI is InChI=1S/C15H24N4O/c1-5-6-14-8-15(20-18-14)9-16-12(3)10-19-13(4)7-11(2)17-19/h7-8,12,16H,5-6,9-10H2,1-4H3/t12-/m0/s1. The molecule has 0 spiro atoms. The molecule has 2 aromatic heterocycles. The molecule has 0 radical (unpaired) electrons. The highest BCUT2D eigenvalue weighted by Crippen LogP contribution is 2.07. The molecule has 0 bridgehead atoms. The first-order chi connectivity index (χ1) is 9.58. The van der Waals surface area contributed by atoms with Gasteiger partial charge in [-0.25, -0.2) is 0 Å². The van der Waals surface area contributed by atoms with Crippen molar-refractivity contribution in [3.63, 3.8) is 0 Å². The molecule has 110 valence electrons. The normalized spacial score (nSPS) is 12.8. The van der Waals surface area contributed by atoms with E-state index in [4.69, 9.17) is 4.52 Å². The van der Waals surface area contributed by atoms with E-state index in [1.54, 1.807) is 0 Å². The second-order valence-electron chi connectivity index (χ2n) is 5.43. The number of aryl methyl sites for hydroxylation is 3. The van der Waals surface area contributed by atoms with Crippen molar-refractivity contribution in [3.05, 3.63) is 35.0 Å². The van der Waals surface area contributed by atoms with Gasteiger partial charge in [0, 0.05) is 17.8 Å². The van der Waals surface area contributed by atoms with Gasteiger partial charge in [0.15, 0.2) is 5.76 Å². The summed E-state index contributed by atoms with van der Waals surface area (Å²) in [5.41, 5.74) is 3.30. The highest BCUT2D eigenvalue weighted by atomic mass is 16.5. The summed E-state index contributed by atoms with van der Waals surface area (Å²) in [7, 11) is 0. The molecule has 1 N–H and O–H groups in total. The Morgan fingerprint density at radius 1 is 1.35 bits per heavy atom. The summed E-state index contributed by atoms with van der Waals surface area (Å²) < 4.78 is 7.35. The molecular weight excluding hydrogens is 252 g/mol. The molecule has 0 unspecified atom stereocenters. The molecule has 0 aliphatic heterocycles. The van der Waals surface area contributed by atoms with Crippen LogP contribution in [-0.4, -0.2) is 21.0 Å². The Morgan fingerprint density at radius 3 is 2.80 bits per heavy atom. The van der Waals surface area contributed by atoms with Crippen molar-refractivity contribution in [2.75, 3.05) is 0 Å². The lowest BCUT2D eigenvalue weighted by Gasteiger charge is -2.13. The maximum Gasteiger partial charge on any atom is 0.150 e. The zero-order chi connectivity index (χ0) is 14.5. The zero-order valence-corrected chi connectivity index (χ0v) is 12.8. The summed E-state index contributed by atoms with van der Waals surface area (Å²) in [4.78, 5) is 0.